The van der Waals surface area contributed by atoms with Crippen molar-refractivity contribution in [3.8, 4) is 28.4 Å². The lowest BCUT2D eigenvalue weighted by atomic mass is 9.95. The van der Waals surface area contributed by atoms with E-state index in [4.69, 9.17) is 22.6 Å². The molecule has 0 unspecified atom stereocenters. The van der Waals surface area contributed by atoms with Crippen LogP contribution in [0.15, 0.2) is 114 Å². The molecule has 6 rings (SSSR count). The van der Waals surface area contributed by atoms with E-state index in [-0.39, 0.29) is 5.82 Å². The summed E-state index contributed by atoms with van der Waals surface area (Å²) in [5, 5.41) is 1.40. The molecule has 0 saturated heterocycles. The Morgan fingerprint density at radius 2 is 1.76 bits per heavy atom. The summed E-state index contributed by atoms with van der Waals surface area (Å²) in [6.45, 7) is -6.89. The Hall–Kier alpha value is -3.89. The van der Waals surface area contributed by atoms with E-state index >= 15 is 0 Å². The minimum atomic E-state index is -3.45. The van der Waals surface area contributed by atoms with Gasteiger partial charge in [-0.3, -0.25) is 4.57 Å². The molecule has 2 heterocycles. The number of hydrogen-bond acceptors (Lipinski definition) is 2. The van der Waals surface area contributed by atoms with E-state index in [2.05, 4.69) is 20.9 Å². The second-order valence-electron chi connectivity index (χ2n) is 8.27. The van der Waals surface area contributed by atoms with Gasteiger partial charge in [-0.05, 0) is 65.9 Å². The van der Waals surface area contributed by atoms with Crippen LogP contribution < -0.4 is 4.74 Å². The number of para-hydroxylation sites is 1. The number of pyridine rings is 1. The molecule has 37 heavy (non-hydrogen) atoms. The third-order valence-corrected chi connectivity index (χ3v) is 6.32. The topological polar surface area (TPSA) is 27.1 Å². The number of benzene rings is 4. The molecule has 4 heteroatoms. The summed E-state index contributed by atoms with van der Waals surface area (Å²) in [6.07, 6.45) is -1.90. The smallest absolute Gasteiger partial charge is 0.137 e. The number of nitrogens with zero attached hydrogens (tertiary/aromatic N) is 2. The Labute approximate surface area is 245 Å². The number of aromatic nitrogens is 2. The molecule has 2 aromatic heterocycles. The minimum Gasteiger partial charge on any atom is -0.457 e. The number of hydrogen-bond donors (Lipinski definition) is 0. The zero-order chi connectivity index (χ0) is 37.4. The van der Waals surface area contributed by atoms with E-state index in [1.54, 1.807) is 54.6 Å². The highest BCUT2D eigenvalue weighted by atomic mass is 79.9. The molecular weight excluding hydrogens is 520 g/mol. The highest BCUT2D eigenvalue weighted by Crippen LogP contribution is 2.36. The normalized spacial score (nSPS) is 17.9. The summed E-state index contributed by atoms with van der Waals surface area (Å²) in [5.74, 6) is -2.57. The Morgan fingerprint density at radius 3 is 2.59 bits per heavy atom. The lowest BCUT2D eigenvalue weighted by molar-refractivity contribution is 0.483. The van der Waals surface area contributed by atoms with E-state index in [0.717, 1.165) is 4.47 Å². The van der Waals surface area contributed by atoms with Crippen LogP contribution in [0.5, 0.6) is 11.5 Å². The lowest BCUT2D eigenvalue weighted by Gasteiger charge is -2.15. The molecule has 0 aliphatic heterocycles. The van der Waals surface area contributed by atoms with Gasteiger partial charge in [-0.2, -0.15) is 0 Å². The van der Waals surface area contributed by atoms with E-state index in [1.807, 2.05) is 12.1 Å². The van der Waals surface area contributed by atoms with Gasteiger partial charge in [0.05, 0.1) is 20.6 Å². The summed E-state index contributed by atoms with van der Waals surface area (Å²) in [5.41, 5.74) is -0.644. The maximum atomic E-state index is 9.49. The van der Waals surface area contributed by atoms with Gasteiger partial charge in [0.15, 0.2) is 0 Å². The maximum Gasteiger partial charge on any atom is 0.137 e. The van der Waals surface area contributed by atoms with Crippen LogP contribution in [0.4, 0.5) is 0 Å². The molecule has 0 bridgehead atoms. The maximum absolute atomic E-state index is 9.49. The van der Waals surface area contributed by atoms with Crippen molar-refractivity contribution in [3.05, 3.63) is 119 Å². The molecule has 0 spiro atoms. The van der Waals surface area contributed by atoms with Crippen molar-refractivity contribution < 1.29 is 23.9 Å². The standard InChI is InChI=1S/C33H27BrN2O/c1-22(2)17-24-18-33(35-21-30(24)23-9-4-3-5-10-23)36-31-14-7-6-13-28(31)29-16-15-27(20-32(29)36)37-26-12-8-11-25(34)19-26/h3-16,18-22H,17H2,1-2H3/i1D3,2D3,3D,4D,5D,9D,10D,18D,21D,22D. The van der Waals surface area contributed by atoms with E-state index in [0.29, 0.717) is 33.3 Å². The highest BCUT2D eigenvalue weighted by Gasteiger charge is 2.16. The second kappa shape index (κ2) is 9.87. The SMILES string of the molecule is [2H]c1nc(-n2c3ccccc3c3ccc(Oc4cccc(Br)c4)cc32)c([2H])c(CC([2H])(C([2H])([2H])[2H])C([2H])([2H])[2H])c1-c1c([2H])c([2H])c([2H])c([2H])c1[2H]. The third kappa shape index (κ3) is 4.65. The van der Waals surface area contributed by atoms with Gasteiger partial charge in [-0.15, -0.1) is 0 Å². The van der Waals surface area contributed by atoms with Crippen molar-refractivity contribution in [1.82, 2.24) is 9.55 Å². The molecule has 0 atom stereocenters. The quantitative estimate of drug-likeness (QED) is 0.202. The van der Waals surface area contributed by atoms with Crippen molar-refractivity contribution in [2.45, 2.75) is 20.1 Å². The minimum absolute atomic E-state index is 0.240. The van der Waals surface area contributed by atoms with Crippen LogP contribution in [0.2, 0.25) is 0 Å². The van der Waals surface area contributed by atoms with E-state index in [9.17, 15) is 1.37 Å². The number of fused-ring (bicyclic) bond motifs is 3. The summed E-state index contributed by atoms with van der Waals surface area (Å²) in [6, 6.07) is 15.1. The molecule has 182 valence electrons. The molecule has 0 aliphatic carbocycles. The fourth-order valence-corrected chi connectivity index (χ4v) is 4.69. The molecule has 0 fully saturated rings. The Balaban J connectivity index is 1.72. The van der Waals surface area contributed by atoms with Crippen molar-refractivity contribution in [3.63, 3.8) is 0 Å². The van der Waals surface area contributed by atoms with Gasteiger partial charge >= 0.3 is 0 Å². The van der Waals surface area contributed by atoms with Crippen molar-refractivity contribution in [2.24, 2.45) is 5.89 Å². The average molecular weight is 562 g/mol. The van der Waals surface area contributed by atoms with E-state index in [1.165, 1.54) is 4.57 Å². The van der Waals surface area contributed by atoms with Crippen molar-refractivity contribution in [2.75, 3.05) is 0 Å². The van der Waals surface area contributed by atoms with Gasteiger partial charge in [0.25, 0.3) is 0 Å². The van der Waals surface area contributed by atoms with Gasteiger partial charge in [0.1, 0.15) is 17.3 Å². The van der Waals surface area contributed by atoms with Crippen LogP contribution in [-0.2, 0) is 6.42 Å². The predicted octanol–water partition coefficient (Wildman–Crippen LogP) is 9.60. The molecule has 0 aliphatic rings. The molecule has 4 aromatic carbocycles. The molecule has 0 amide bonds. The van der Waals surface area contributed by atoms with Gasteiger partial charge < -0.3 is 4.74 Å². The third-order valence-electron chi connectivity index (χ3n) is 5.83. The van der Waals surface area contributed by atoms with Crippen LogP contribution in [-0.4, -0.2) is 9.55 Å². The molecule has 0 saturated carbocycles. The molecule has 3 nitrogen and oxygen atoms in total. The van der Waals surface area contributed by atoms with E-state index < -0.39 is 85.1 Å². The Bertz CT molecular complexity index is 2320. The first kappa shape index (κ1) is 12.6. The Morgan fingerprint density at radius 1 is 0.946 bits per heavy atom. The first-order valence-electron chi connectivity index (χ1n) is 18.3. The predicted molar refractivity (Wildman–Crippen MR) is 157 cm³/mol. The largest absolute Gasteiger partial charge is 0.457 e. The number of halogens is 1. The summed E-state index contributed by atoms with van der Waals surface area (Å²) in [7, 11) is 0. The zero-order valence-corrected chi connectivity index (χ0v) is 20.8. The monoisotopic (exact) mass is 560 g/mol. The van der Waals surface area contributed by atoms with Crippen molar-refractivity contribution in [1.29, 1.82) is 0 Å². The first-order valence-corrected chi connectivity index (χ1v) is 12.1. The van der Waals surface area contributed by atoms with Crippen LogP contribution in [0.3, 0.4) is 0 Å². The zero-order valence-electron chi connectivity index (χ0n) is 33.2. The fraction of sp³-hybridized carbons (Fsp3) is 0.121. The second-order valence-corrected chi connectivity index (χ2v) is 9.19. The van der Waals surface area contributed by atoms with Gasteiger partial charge in [0.2, 0.25) is 0 Å². The molecule has 0 N–H and O–H groups in total. The summed E-state index contributed by atoms with van der Waals surface area (Å²) in [4.78, 5) is 4.41. The van der Waals surface area contributed by atoms with Crippen LogP contribution in [0, 0.1) is 5.89 Å². The number of rotatable bonds is 6. The Kier molecular flexibility index (Phi) is 3.35. The highest BCUT2D eigenvalue weighted by molar-refractivity contribution is 9.10. The number of ether oxygens (including phenoxy) is 1. The van der Waals surface area contributed by atoms with Crippen molar-refractivity contribution >= 4 is 37.7 Å². The average Bonchev–Trinajstić information content (AvgIpc) is 3.38. The first-order chi connectivity index (χ1) is 23.8. The summed E-state index contributed by atoms with van der Waals surface area (Å²) < 4.78 is 126. The van der Waals surface area contributed by atoms with Crippen LogP contribution in [0.25, 0.3) is 38.8 Å². The fourth-order valence-electron chi connectivity index (χ4n) is 4.31. The van der Waals surface area contributed by atoms with Gasteiger partial charge in [-0.25, -0.2) is 4.98 Å². The molecule has 6 aromatic rings. The van der Waals surface area contributed by atoms with Crippen LogP contribution in [0.1, 0.15) is 38.5 Å². The molecular formula is C33H27BrN2O. The summed E-state index contributed by atoms with van der Waals surface area (Å²) >= 11 is 3.42. The molecule has 0 radical (unpaired) electrons. The van der Waals surface area contributed by atoms with Gasteiger partial charge in [-0.1, -0.05) is 84.1 Å². The lowest BCUT2D eigenvalue weighted by Crippen LogP contribution is -2.03. The van der Waals surface area contributed by atoms with Crippen LogP contribution >= 0.6 is 15.9 Å². The van der Waals surface area contributed by atoms with Gasteiger partial charge in [0, 0.05) is 42.6 Å².